The lowest BCUT2D eigenvalue weighted by atomic mass is 10.1. The molecule has 6 nitrogen and oxygen atoms in total. The van der Waals surface area contributed by atoms with Crippen molar-refractivity contribution in [3.05, 3.63) is 156 Å². The molecule has 0 saturated heterocycles. The number of para-hydroxylation sites is 6. The van der Waals surface area contributed by atoms with E-state index in [1.807, 2.05) is 72.8 Å². The van der Waals surface area contributed by atoms with Crippen LogP contribution < -0.4 is 0 Å². The number of aryl methyl sites for hydroxylation is 2. The van der Waals surface area contributed by atoms with Crippen LogP contribution in [0.15, 0.2) is 142 Å². The monoisotopic (exact) mass is 648 g/mol. The summed E-state index contributed by atoms with van der Waals surface area (Å²) in [5, 5.41) is 5.07. The SMILES string of the molecule is Cn1c2ccccc2c2cc(/C=C/c3nc4ccccc4o3)ccc21.Cn1c2ccccc2c2cc(/C=C/c3nc4ccccc4o3)ccc21. The summed E-state index contributed by atoms with van der Waals surface area (Å²) < 4.78 is 16.0. The highest BCUT2D eigenvalue weighted by Crippen LogP contribution is 2.31. The third-order valence-corrected chi connectivity index (χ3v) is 9.33. The van der Waals surface area contributed by atoms with Gasteiger partial charge in [0.25, 0.3) is 0 Å². The summed E-state index contributed by atoms with van der Waals surface area (Å²) in [6.45, 7) is 0. The average Bonchev–Trinajstić information content (AvgIpc) is 3.92. The summed E-state index contributed by atoms with van der Waals surface area (Å²) >= 11 is 0. The third kappa shape index (κ3) is 5.24. The van der Waals surface area contributed by atoms with Gasteiger partial charge in [-0.1, -0.05) is 72.8 Å². The zero-order valence-electron chi connectivity index (χ0n) is 27.6. The Hall–Kier alpha value is -6.66. The van der Waals surface area contributed by atoms with E-state index in [0.717, 1.165) is 33.3 Å². The maximum atomic E-state index is 5.75. The standard InChI is InChI=1S/2C22H16N2O/c2*1-24-19-8-4-2-6-16(19)17-14-15(10-12-20(17)24)11-13-22-23-18-7-3-5-9-21(18)25-22/h2*2-14H,1H3/b2*13-11+. The van der Waals surface area contributed by atoms with Crippen LogP contribution in [-0.4, -0.2) is 19.1 Å². The minimum absolute atomic E-state index is 0.624. The number of nitrogens with zero attached hydrogens (tertiary/aromatic N) is 4. The highest BCUT2D eigenvalue weighted by molar-refractivity contribution is 6.09. The third-order valence-electron chi connectivity index (χ3n) is 9.33. The summed E-state index contributed by atoms with van der Waals surface area (Å²) in [7, 11) is 4.22. The van der Waals surface area contributed by atoms with Gasteiger partial charge in [-0.15, -0.1) is 0 Å². The Labute approximate surface area is 287 Å². The molecule has 0 spiro atoms. The molecule has 10 rings (SSSR count). The molecule has 0 saturated carbocycles. The van der Waals surface area contributed by atoms with Crippen LogP contribution >= 0.6 is 0 Å². The summed E-state index contributed by atoms with van der Waals surface area (Å²) in [6, 6.07) is 45.6. The molecule has 10 aromatic rings. The van der Waals surface area contributed by atoms with E-state index in [1.165, 1.54) is 43.6 Å². The van der Waals surface area contributed by atoms with Crippen LogP contribution in [0.3, 0.4) is 0 Å². The van der Waals surface area contributed by atoms with Gasteiger partial charge in [0.05, 0.1) is 0 Å². The maximum absolute atomic E-state index is 5.75. The second-order valence-corrected chi connectivity index (χ2v) is 12.4. The number of rotatable bonds is 4. The topological polar surface area (TPSA) is 61.9 Å². The predicted octanol–water partition coefficient (Wildman–Crippen LogP) is 11.3. The summed E-state index contributed by atoms with van der Waals surface area (Å²) in [5.74, 6) is 1.25. The fourth-order valence-corrected chi connectivity index (χ4v) is 6.84. The molecule has 240 valence electrons. The van der Waals surface area contributed by atoms with Gasteiger partial charge in [0.1, 0.15) is 11.0 Å². The van der Waals surface area contributed by atoms with E-state index >= 15 is 0 Å². The minimum Gasteiger partial charge on any atom is -0.437 e. The van der Waals surface area contributed by atoms with Crippen molar-refractivity contribution < 1.29 is 8.83 Å². The fourth-order valence-electron chi connectivity index (χ4n) is 6.84. The molecule has 0 aliphatic carbocycles. The molecular weight excluding hydrogens is 617 g/mol. The lowest BCUT2D eigenvalue weighted by Gasteiger charge is -1.98. The first kappa shape index (κ1) is 29.5. The second-order valence-electron chi connectivity index (χ2n) is 12.4. The largest absolute Gasteiger partial charge is 0.437 e. The maximum Gasteiger partial charge on any atom is 0.220 e. The number of hydrogen-bond donors (Lipinski definition) is 0. The van der Waals surface area contributed by atoms with E-state index in [2.05, 4.69) is 118 Å². The number of aromatic nitrogens is 4. The molecule has 0 atom stereocenters. The van der Waals surface area contributed by atoms with Gasteiger partial charge < -0.3 is 18.0 Å². The Morgan fingerprint density at radius 3 is 1.28 bits per heavy atom. The van der Waals surface area contributed by atoms with E-state index < -0.39 is 0 Å². The van der Waals surface area contributed by atoms with E-state index in [0.29, 0.717) is 11.8 Å². The first-order valence-electron chi connectivity index (χ1n) is 16.6. The summed E-state index contributed by atoms with van der Waals surface area (Å²) in [6.07, 6.45) is 7.94. The van der Waals surface area contributed by atoms with Crippen LogP contribution in [0.25, 0.3) is 90.1 Å². The van der Waals surface area contributed by atoms with E-state index in [-0.39, 0.29) is 0 Å². The molecule has 6 aromatic carbocycles. The smallest absolute Gasteiger partial charge is 0.220 e. The molecule has 0 aliphatic heterocycles. The Balaban J connectivity index is 0.000000135. The molecule has 0 unspecified atom stereocenters. The molecule has 6 heteroatoms. The molecule has 0 bridgehead atoms. The molecule has 0 fully saturated rings. The van der Waals surface area contributed by atoms with Gasteiger partial charge in [0, 0.05) is 69.9 Å². The Kier molecular flexibility index (Phi) is 7.13. The first-order valence-corrected chi connectivity index (χ1v) is 16.6. The molecule has 0 amide bonds. The lowest BCUT2D eigenvalue weighted by Crippen LogP contribution is -1.85. The molecule has 50 heavy (non-hydrogen) atoms. The van der Waals surface area contributed by atoms with Gasteiger partial charge in [-0.3, -0.25) is 0 Å². The second kappa shape index (κ2) is 12.1. The van der Waals surface area contributed by atoms with Gasteiger partial charge in [0.2, 0.25) is 11.8 Å². The summed E-state index contributed by atoms with van der Waals surface area (Å²) in [5.41, 5.74) is 10.6. The van der Waals surface area contributed by atoms with Crippen molar-refractivity contribution in [1.29, 1.82) is 0 Å². The van der Waals surface area contributed by atoms with Gasteiger partial charge in [-0.05, 0) is 83.9 Å². The summed E-state index contributed by atoms with van der Waals surface area (Å²) in [4.78, 5) is 8.97. The van der Waals surface area contributed by atoms with Crippen LogP contribution in [0.4, 0.5) is 0 Å². The van der Waals surface area contributed by atoms with Crippen molar-refractivity contribution >= 4 is 90.1 Å². The van der Waals surface area contributed by atoms with Crippen LogP contribution in [0.5, 0.6) is 0 Å². The molecular formula is C44H32N4O2. The fraction of sp³-hybridized carbons (Fsp3) is 0.0455. The molecule has 4 heterocycles. The number of oxazole rings is 2. The zero-order chi connectivity index (χ0) is 33.6. The van der Waals surface area contributed by atoms with Crippen molar-refractivity contribution in [2.24, 2.45) is 14.1 Å². The molecule has 0 aliphatic rings. The Bertz CT molecular complexity index is 2650. The Morgan fingerprint density at radius 1 is 0.420 bits per heavy atom. The van der Waals surface area contributed by atoms with Crippen molar-refractivity contribution in [3.8, 4) is 0 Å². The van der Waals surface area contributed by atoms with Gasteiger partial charge in [-0.25, -0.2) is 9.97 Å². The number of fused-ring (bicyclic) bond motifs is 8. The number of hydrogen-bond acceptors (Lipinski definition) is 4. The van der Waals surface area contributed by atoms with Crippen molar-refractivity contribution in [1.82, 2.24) is 19.1 Å². The molecule has 0 N–H and O–H groups in total. The van der Waals surface area contributed by atoms with Gasteiger partial charge in [-0.2, -0.15) is 0 Å². The quantitative estimate of drug-likeness (QED) is 0.190. The van der Waals surface area contributed by atoms with Crippen LogP contribution in [0.2, 0.25) is 0 Å². The van der Waals surface area contributed by atoms with Crippen molar-refractivity contribution in [2.75, 3.05) is 0 Å². The van der Waals surface area contributed by atoms with Gasteiger partial charge in [0.15, 0.2) is 11.2 Å². The van der Waals surface area contributed by atoms with E-state index in [1.54, 1.807) is 0 Å². The van der Waals surface area contributed by atoms with Crippen molar-refractivity contribution in [3.63, 3.8) is 0 Å². The van der Waals surface area contributed by atoms with Crippen LogP contribution in [-0.2, 0) is 14.1 Å². The Morgan fingerprint density at radius 2 is 0.820 bits per heavy atom. The normalized spacial score (nSPS) is 12.0. The first-order chi connectivity index (χ1) is 24.6. The van der Waals surface area contributed by atoms with Crippen LogP contribution in [0, 0.1) is 0 Å². The highest BCUT2D eigenvalue weighted by Gasteiger charge is 2.09. The van der Waals surface area contributed by atoms with Crippen molar-refractivity contribution in [2.45, 2.75) is 0 Å². The van der Waals surface area contributed by atoms with E-state index in [4.69, 9.17) is 8.83 Å². The predicted molar refractivity (Wildman–Crippen MR) is 207 cm³/mol. The molecule has 0 radical (unpaired) electrons. The number of benzene rings is 6. The van der Waals surface area contributed by atoms with E-state index in [9.17, 15) is 0 Å². The average molecular weight is 649 g/mol. The lowest BCUT2D eigenvalue weighted by molar-refractivity contribution is 0.589. The van der Waals surface area contributed by atoms with Gasteiger partial charge >= 0.3 is 0 Å². The highest BCUT2D eigenvalue weighted by atomic mass is 16.4. The zero-order valence-corrected chi connectivity index (χ0v) is 27.6. The minimum atomic E-state index is 0.624. The molecule has 4 aromatic heterocycles. The van der Waals surface area contributed by atoms with Crippen LogP contribution in [0.1, 0.15) is 22.9 Å².